The maximum absolute atomic E-state index is 13.8. The third-order valence-corrected chi connectivity index (χ3v) is 11.1. The van der Waals surface area contributed by atoms with E-state index in [1.807, 2.05) is 43.3 Å². The molecule has 0 unspecified atom stereocenters. The molecule has 46 heavy (non-hydrogen) atoms. The number of oxime groups is 1. The van der Waals surface area contributed by atoms with Gasteiger partial charge in [-0.25, -0.2) is 9.79 Å². The van der Waals surface area contributed by atoms with E-state index in [0.29, 0.717) is 30.1 Å². The number of aliphatic imine (C=N–C) groups is 1. The van der Waals surface area contributed by atoms with E-state index in [-0.39, 0.29) is 43.4 Å². The van der Waals surface area contributed by atoms with Crippen LogP contribution in [0.1, 0.15) is 58.9 Å². The number of nitrogens with zero attached hydrogens (tertiary/aromatic N) is 2. The number of ketones is 1. The second-order valence-corrected chi connectivity index (χ2v) is 13.7. The van der Waals surface area contributed by atoms with Gasteiger partial charge in [0, 0.05) is 36.3 Å². The highest BCUT2D eigenvalue weighted by Gasteiger charge is 2.74. The number of carbonyl (C=O) groups excluding carboxylic acids is 3. The zero-order valence-corrected chi connectivity index (χ0v) is 27.1. The molecule has 1 aromatic carbocycles. The Labute approximate surface area is 269 Å². The Morgan fingerprint density at radius 1 is 1.13 bits per heavy atom. The van der Waals surface area contributed by atoms with Crippen molar-refractivity contribution in [2.24, 2.45) is 38.7 Å². The molecule has 11 nitrogen and oxygen atoms in total. The van der Waals surface area contributed by atoms with Crippen LogP contribution in [0.2, 0.25) is 0 Å². The summed E-state index contributed by atoms with van der Waals surface area (Å²) >= 11 is 0. The fourth-order valence-electron chi connectivity index (χ4n) is 9.12. The number of Topliss-reactive ketones (excluding diaryl/α,β-unsaturated/α-hetero) is 1. The van der Waals surface area contributed by atoms with Crippen LogP contribution >= 0.6 is 0 Å². The van der Waals surface area contributed by atoms with E-state index >= 15 is 0 Å². The van der Waals surface area contributed by atoms with Gasteiger partial charge in [0.1, 0.15) is 18.4 Å². The van der Waals surface area contributed by atoms with Crippen molar-refractivity contribution in [3.63, 3.8) is 0 Å². The minimum atomic E-state index is -1.19. The lowest BCUT2D eigenvalue weighted by Gasteiger charge is -2.59. The Kier molecular flexibility index (Phi) is 8.33. The molecule has 8 atom stereocenters. The van der Waals surface area contributed by atoms with Crippen molar-refractivity contribution in [1.82, 2.24) is 0 Å². The first kappa shape index (κ1) is 32.0. The van der Waals surface area contributed by atoms with Crippen LogP contribution in [0.5, 0.6) is 0 Å². The van der Waals surface area contributed by atoms with Gasteiger partial charge in [-0.15, -0.1) is 0 Å². The molecule has 2 N–H and O–H groups in total. The number of aliphatic hydroxyl groups excluding tert-OH is 1. The number of hydrogen-bond donors (Lipinski definition) is 2. The second kappa shape index (κ2) is 12.0. The number of amides is 1. The molecule has 3 fully saturated rings. The standard InChI is InChI=1S/C35H43N3O8/c1-20-6-9-24(10-7-20)36-32(42)43-14-15-45-38-25-12-13-33(4)23(16-25)8-11-26-27-17-30-35(37-21(2)46-30,29(41)19-44-22(3)39)34(27,5)18-28(40)31(26)33/h6-7,9-10,12-13,16,26-28,30-31,40H,8,11,14-15,17-19H2,1-5H3,(H,36,42)/b38-25-/t26-,27-,28-,30+,31+,33-,34-,35+/m0/s1. The number of esters is 1. The summed E-state index contributed by atoms with van der Waals surface area (Å²) in [6.07, 6.45) is 7.08. The van der Waals surface area contributed by atoms with Crippen molar-refractivity contribution >= 4 is 35.1 Å². The van der Waals surface area contributed by atoms with Crippen LogP contribution in [-0.4, -0.2) is 72.1 Å². The molecule has 4 aliphatic carbocycles. The van der Waals surface area contributed by atoms with Crippen LogP contribution in [0.4, 0.5) is 10.5 Å². The number of allylic oxidation sites excluding steroid dienone is 4. The number of rotatable bonds is 8. The number of carbonyl (C=O) groups is 3. The number of anilines is 1. The van der Waals surface area contributed by atoms with Crippen LogP contribution in [0.25, 0.3) is 0 Å². The summed E-state index contributed by atoms with van der Waals surface area (Å²) < 4.78 is 16.5. The lowest BCUT2D eigenvalue weighted by Crippen LogP contribution is -2.62. The molecule has 0 spiro atoms. The molecular formula is C35H43N3O8. The second-order valence-electron chi connectivity index (χ2n) is 13.7. The van der Waals surface area contributed by atoms with Gasteiger partial charge in [0.05, 0.1) is 6.10 Å². The summed E-state index contributed by atoms with van der Waals surface area (Å²) in [6, 6.07) is 7.43. The van der Waals surface area contributed by atoms with Gasteiger partial charge in [-0.2, -0.15) is 0 Å². The van der Waals surface area contributed by atoms with E-state index in [4.69, 9.17) is 24.0 Å². The summed E-state index contributed by atoms with van der Waals surface area (Å²) in [5, 5.41) is 18.8. The van der Waals surface area contributed by atoms with Crippen molar-refractivity contribution in [3.8, 4) is 0 Å². The Morgan fingerprint density at radius 3 is 2.63 bits per heavy atom. The van der Waals surface area contributed by atoms with E-state index in [2.05, 4.69) is 30.4 Å². The maximum Gasteiger partial charge on any atom is 0.411 e. The molecule has 11 heteroatoms. The van der Waals surface area contributed by atoms with Crippen LogP contribution in [0.15, 0.2) is 58.2 Å². The van der Waals surface area contributed by atoms with Crippen LogP contribution in [0.3, 0.4) is 0 Å². The fraction of sp³-hybridized carbons (Fsp3) is 0.571. The molecule has 3 saturated carbocycles. The minimum absolute atomic E-state index is 0.0434. The van der Waals surface area contributed by atoms with Gasteiger partial charge in [0.25, 0.3) is 0 Å². The number of ether oxygens (including phenoxy) is 3. The van der Waals surface area contributed by atoms with E-state index in [9.17, 15) is 19.5 Å². The van der Waals surface area contributed by atoms with Crippen molar-refractivity contribution in [3.05, 3.63) is 53.6 Å². The van der Waals surface area contributed by atoms with Gasteiger partial charge in [-0.1, -0.05) is 48.3 Å². The number of hydrogen-bond acceptors (Lipinski definition) is 10. The molecule has 0 radical (unpaired) electrons. The molecule has 6 rings (SSSR count). The largest absolute Gasteiger partial charge is 0.475 e. The quantitative estimate of drug-likeness (QED) is 0.233. The predicted molar refractivity (Wildman–Crippen MR) is 170 cm³/mol. The van der Waals surface area contributed by atoms with Crippen LogP contribution < -0.4 is 5.32 Å². The summed E-state index contributed by atoms with van der Waals surface area (Å²) in [5.74, 6) is -0.151. The molecule has 1 aliphatic heterocycles. The summed E-state index contributed by atoms with van der Waals surface area (Å²) in [7, 11) is 0. The van der Waals surface area contributed by atoms with Crippen molar-refractivity contribution in [1.29, 1.82) is 0 Å². The highest BCUT2D eigenvalue weighted by atomic mass is 16.6. The molecule has 246 valence electrons. The number of benzene rings is 1. The zero-order valence-electron chi connectivity index (χ0n) is 27.1. The lowest BCUT2D eigenvalue weighted by molar-refractivity contribution is -0.154. The highest BCUT2D eigenvalue weighted by molar-refractivity contribution is 6.05. The van der Waals surface area contributed by atoms with Crippen molar-refractivity contribution < 1.29 is 38.5 Å². The molecule has 1 aromatic rings. The first-order valence-corrected chi connectivity index (χ1v) is 16.1. The monoisotopic (exact) mass is 633 g/mol. The lowest BCUT2D eigenvalue weighted by atomic mass is 9.46. The Morgan fingerprint density at radius 2 is 1.89 bits per heavy atom. The molecule has 0 saturated heterocycles. The van der Waals surface area contributed by atoms with E-state index in [1.165, 1.54) is 12.5 Å². The molecular weight excluding hydrogens is 590 g/mol. The van der Waals surface area contributed by atoms with E-state index in [0.717, 1.165) is 18.4 Å². The van der Waals surface area contributed by atoms with Crippen molar-refractivity contribution in [2.75, 3.05) is 25.1 Å². The first-order chi connectivity index (χ1) is 21.9. The molecule has 0 bridgehead atoms. The third-order valence-electron chi connectivity index (χ3n) is 11.1. The minimum Gasteiger partial charge on any atom is -0.475 e. The van der Waals surface area contributed by atoms with E-state index < -0.39 is 40.6 Å². The molecule has 1 heterocycles. The van der Waals surface area contributed by atoms with Gasteiger partial charge in [0.2, 0.25) is 5.78 Å². The summed E-state index contributed by atoms with van der Waals surface area (Å²) in [6.45, 7) is 9.04. The zero-order chi connectivity index (χ0) is 32.9. The number of aryl methyl sites for hydroxylation is 1. The van der Waals surface area contributed by atoms with Crippen molar-refractivity contribution in [2.45, 2.75) is 78.0 Å². The summed E-state index contributed by atoms with van der Waals surface area (Å²) in [5.41, 5.74) is 1.36. The highest BCUT2D eigenvalue weighted by Crippen LogP contribution is 2.69. The molecule has 1 amide bonds. The smallest absolute Gasteiger partial charge is 0.411 e. The Hall–Kier alpha value is -3.99. The Bertz CT molecular complexity index is 1530. The first-order valence-electron chi connectivity index (χ1n) is 16.1. The maximum atomic E-state index is 13.8. The normalized spacial score (nSPS) is 36.2. The average molecular weight is 634 g/mol. The van der Waals surface area contributed by atoms with Crippen LogP contribution in [-0.2, 0) is 28.6 Å². The van der Waals surface area contributed by atoms with Gasteiger partial charge >= 0.3 is 12.1 Å². The third kappa shape index (κ3) is 5.32. The van der Waals surface area contributed by atoms with Gasteiger partial charge in [0.15, 0.2) is 24.7 Å². The van der Waals surface area contributed by atoms with Gasteiger partial charge < -0.3 is 24.2 Å². The van der Waals surface area contributed by atoms with E-state index in [1.54, 1.807) is 6.92 Å². The summed E-state index contributed by atoms with van der Waals surface area (Å²) in [4.78, 5) is 47.7. The topological polar surface area (TPSA) is 145 Å². The molecule has 0 aromatic heterocycles. The van der Waals surface area contributed by atoms with Gasteiger partial charge in [-0.3, -0.25) is 14.9 Å². The number of fused-ring (bicyclic) bond motifs is 7. The number of aliphatic hydroxyl groups is 1. The average Bonchev–Trinajstić information content (AvgIpc) is 3.46. The molecule has 5 aliphatic rings. The fourth-order valence-corrected chi connectivity index (χ4v) is 9.12. The SMILES string of the molecule is CC(=O)OCC(=O)[C@@]12N=C(C)O[C@@H]1C[C@H]1[C@@H]3CCC4=C/C(=N\OCCOC(=O)Nc5ccc(C)cc5)C=C[C@]4(C)[C@H]3[C@@H](O)C[C@@]12C. The predicted octanol–water partition coefficient (Wildman–Crippen LogP) is 4.92. The van der Waals surface area contributed by atoms with Crippen LogP contribution in [0, 0.1) is 35.5 Å². The Balaban J connectivity index is 1.11. The number of nitrogens with one attached hydrogen (secondary N) is 1. The van der Waals surface area contributed by atoms with Gasteiger partial charge in [-0.05, 0) is 68.7 Å².